The maximum absolute atomic E-state index is 13.8. The third kappa shape index (κ3) is 6.35. The standard InChI is InChI=1S/C20H27FNO3PS/c1-14(2)24-26(23,25-15(3)4)20(16-9-11-19(27-5)12-10-16)22-18-8-6-7-17(21)13-18/h6-15,20,22H,1-5H3. The lowest BCUT2D eigenvalue weighted by atomic mass is 10.2. The van der Waals surface area contributed by atoms with Crippen molar-refractivity contribution in [2.75, 3.05) is 11.6 Å². The van der Waals surface area contributed by atoms with E-state index in [1.807, 2.05) is 58.2 Å². The van der Waals surface area contributed by atoms with Crippen LogP contribution in [0.15, 0.2) is 53.4 Å². The van der Waals surface area contributed by atoms with Gasteiger partial charge in [0, 0.05) is 10.6 Å². The molecule has 0 aliphatic rings. The van der Waals surface area contributed by atoms with Crippen LogP contribution in [0.1, 0.15) is 39.0 Å². The number of halogens is 1. The molecule has 0 radical (unpaired) electrons. The highest BCUT2D eigenvalue weighted by Crippen LogP contribution is 2.62. The summed E-state index contributed by atoms with van der Waals surface area (Å²) in [6, 6.07) is 13.7. The first-order valence-corrected chi connectivity index (χ1v) is 11.7. The molecule has 1 atom stereocenters. The van der Waals surface area contributed by atoms with E-state index in [9.17, 15) is 8.96 Å². The topological polar surface area (TPSA) is 47.6 Å². The molecule has 4 nitrogen and oxygen atoms in total. The Bertz CT molecular complexity index is 769. The average Bonchev–Trinajstić information content (AvgIpc) is 2.58. The van der Waals surface area contributed by atoms with E-state index in [1.165, 1.54) is 12.1 Å². The molecule has 148 valence electrons. The fourth-order valence-corrected chi connectivity index (χ4v) is 5.32. The van der Waals surface area contributed by atoms with Crippen molar-refractivity contribution in [2.24, 2.45) is 0 Å². The molecular weight excluding hydrogens is 384 g/mol. The first kappa shape index (κ1) is 22.0. The van der Waals surface area contributed by atoms with E-state index in [-0.39, 0.29) is 18.0 Å². The van der Waals surface area contributed by atoms with Gasteiger partial charge in [-0.3, -0.25) is 4.57 Å². The molecule has 0 saturated carbocycles. The second kappa shape index (κ2) is 9.74. The van der Waals surface area contributed by atoms with E-state index >= 15 is 0 Å². The van der Waals surface area contributed by atoms with Crippen LogP contribution < -0.4 is 5.32 Å². The summed E-state index contributed by atoms with van der Waals surface area (Å²) in [4.78, 5) is 1.09. The number of rotatable bonds is 9. The number of anilines is 1. The van der Waals surface area contributed by atoms with E-state index in [0.717, 1.165) is 10.5 Å². The molecule has 0 saturated heterocycles. The summed E-state index contributed by atoms with van der Waals surface area (Å²) >= 11 is 1.62. The third-order valence-electron chi connectivity index (χ3n) is 3.59. The predicted molar refractivity (Wildman–Crippen MR) is 111 cm³/mol. The molecule has 1 N–H and O–H groups in total. The van der Waals surface area contributed by atoms with Crippen LogP contribution in [0.5, 0.6) is 0 Å². The Labute approximate surface area is 165 Å². The van der Waals surface area contributed by atoms with Crippen molar-refractivity contribution < 1.29 is 18.0 Å². The molecule has 0 aliphatic heterocycles. The van der Waals surface area contributed by atoms with Crippen LogP contribution in [-0.2, 0) is 13.6 Å². The predicted octanol–water partition coefficient (Wildman–Crippen LogP) is 6.70. The molecular formula is C20H27FNO3PS. The van der Waals surface area contributed by atoms with Gasteiger partial charge in [-0.1, -0.05) is 18.2 Å². The van der Waals surface area contributed by atoms with Gasteiger partial charge in [0.15, 0.2) is 5.78 Å². The molecule has 0 aliphatic carbocycles. The minimum absolute atomic E-state index is 0.295. The fourth-order valence-electron chi connectivity index (χ4n) is 2.60. The van der Waals surface area contributed by atoms with Gasteiger partial charge in [-0.05, 0) is 69.8 Å². The lowest BCUT2D eigenvalue weighted by Gasteiger charge is -2.31. The van der Waals surface area contributed by atoms with E-state index < -0.39 is 13.4 Å². The molecule has 0 bridgehead atoms. The lowest BCUT2D eigenvalue weighted by Crippen LogP contribution is -2.19. The van der Waals surface area contributed by atoms with Crippen LogP contribution in [0.4, 0.5) is 10.1 Å². The van der Waals surface area contributed by atoms with E-state index in [2.05, 4.69) is 5.32 Å². The Balaban J connectivity index is 2.49. The summed E-state index contributed by atoms with van der Waals surface area (Å²) in [6.07, 6.45) is 1.40. The van der Waals surface area contributed by atoms with Gasteiger partial charge in [0.2, 0.25) is 0 Å². The number of nitrogens with one attached hydrogen (secondary N) is 1. The summed E-state index contributed by atoms with van der Waals surface area (Å²) < 4.78 is 39.0. The van der Waals surface area contributed by atoms with Gasteiger partial charge in [-0.15, -0.1) is 11.8 Å². The molecule has 2 rings (SSSR count). The summed E-state index contributed by atoms with van der Waals surface area (Å²) in [5.74, 6) is -1.14. The van der Waals surface area contributed by atoms with E-state index in [4.69, 9.17) is 9.05 Å². The maximum atomic E-state index is 13.8. The SMILES string of the molecule is CSc1ccc(C(Nc2cccc(F)c2)P(=O)(OC(C)C)OC(C)C)cc1. The second-order valence-electron chi connectivity index (χ2n) is 6.68. The van der Waals surface area contributed by atoms with Crippen molar-refractivity contribution in [3.8, 4) is 0 Å². The van der Waals surface area contributed by atoms with E-state index in [0.29, 0.717) is 5.69 Å². The third-order valence-corrected chi connectivity index (χ3v) is 6.83. The van der Waals surface area contributed by atoms with Gasteiger partial charge in [0.25, 0.3) is 0 Å². The van der Waals surface area contributed by atoms with Crippen molar-refractivity contribution >= 4 is 25.0 Å². The van der Waals surface area contributed by atoms with Crippen LogP contribution in [0.2, 0.25) is 0 Å². The zero-order valence-corrected chi connectivity index (χ0v) is 18.0. The molecule has 0 fully saturated rings. The van der Waals surface area contributed by atoms with Crippen LogP contribution >= 0.6 is 19.4 Å². The van der Waals surface area contributed by atoms with Gasteiger partial charge in [-0.25, -0.2) is 4.39 Å². The monoisotopic (exact) mass is 411 g/mol. The zero-order chi connectivity index (χ0) is 20.0. The van der Waals surface area contributed by atoms with Gasteiger partial charge in [0.1, 0.15) is 5.82 Å². The van der Waals surface area contributed by atoms with Crippen LogP contribution in [0.3, 0.4) is 0 Å². The summed E-state index contributed by atoms with van der Waals surface area (Å²) in [5, 5.41) is 3.17. The van der Waals surface area contributed by atoms with Crippen molar-refractivity contribution in [1.29, 1.82) is 0 Å². The normalized spacial score (nSPS) is 13.2. The second-order valence-corrected chi connectivity index (χ2v) is 9.58. The summed E-state index contributed by atoms with van der Waals surface area (Å²) in [6.45, 7) is 7.25. The molecule has 7 heteroatoms. The molecule has 1 unspecified atom stereocenters. The Morgan fingerprint density at radius 3 is 2.07 bits per heavy atom. The smallest absolute Gasteiger partial charge is 0.357 e. The Kier molecular flexibility index (Phi) is 7.92. The highest BCUT2D eigenvalue weighted by Gasteiger charge is 2.39. The first-order chi connectivity index (χ1) is 12.7. The zero-order valence-electron chi connectivity index (χ0n) is 16.3. The largest absolute Gasteiger partial charge is 0.368 e. The molecule has 0 heterocycles. The van der Waals surface area contributed by atoms with Crippen LogP contribution in [0.25, 0.3) is 0 Å². The molecule has 2 aromatic carbocycles. The number of hydrogen-bond acceptors (Lipinski definition) is 5. The van der Waals surface area contributed by atoms with Gasteiger partial charge < -0.3 is 14.4 Å². The maximum Gasteiger partial charge on any atom is 0.357 e. The molecule has 0 amide bonds. The number of thioether (sulfide) groups is 1. The molecule has 0 spiro atoms. The Morgan fingerprint density at radius 1 is 1.00 bits per heavy atom. The molecule has 0 aromatic heterocycles. The fraction of sp³-hybridized carbons (Fsp3) is 0.400. The molecule has 27 heavy (non-hydrogen) atoms. The van der Waals surface area contributed by atoms with Crippen molar-refractivity contribution in [3.63, 3.8) is 0 Å². The average molecular weight is 411 g/mol. The highest BCUT2D eigenvalue weighted by molar-refractivity contribution is 7.98. The van der Waals surface area contributed by atoms with Crippen molar-refractivity contribution in [1.82, 2.24) is 0 Å². The summed E-state index contributed by atoms with van der Waals surface area (Å²) in [7, 11) is -3.61. The highest BCUT2D eigenvalue weighted by atomic mass is 32.2. The number of benzene rings is 2. The Hall–Kier alpha value is -1.33. The van der Waals surface area contributed by atoms with Gasteiger partial charge in [0.05, 0.1) is 12.2 Å². The number of hydrogen-bond donors (Lipinski definition) is 1. The van der Waals surface area contributed by atoms with Crippen molar-refractivity contribution in [3.05, 3.63) is 59.9 Å². The van der Waals surface area contributed by atoms with Crippen LogP contribution in [0, 0.1) is 5.82 Å². The lowest BCUT2D eigenvalue weighted by molar-refractivity contribution is 0.138. The van der Waals surface area contributed by atoms with Crippen molar-refractivity contribution in [2.45, 2.75) is 50.6 Å². The quantitative estimate of drug-likeness (QED) is 0.367. The Morgan fingerprint density at radius 2 is 1.59 bits per heavy atom. The minimum atomic E-state index is -3.61. The van der Waals surface area contributed by atoms with Gasteiger partial charge >= 0.3 is 7.60 Å². The summed E-state index contributed by atoms with van der Waals surface area (Å²) in [5.41, 5.74) is 1.26. The van der Waals surface area contributed by atoms with Gasteiger partial charge in [-0.2, -0.15) is 0 Å². The molecule has 2 aromatic rings. The first-order valence-electron chi connectivity index (χ1n) is 8.86. The minimum Gasteiger partial charge on any atom is -0.368 e. The van der Waals surface area contributed by atoms with E-state index in [1.54, 1.807) is 23.9 Å². The van der Waals surface area contributed by atoms with Crippen LogP contribution in [-0.4, -0.2) is 18.5 Å².